The standard InChI is InChI=1S/C2H6O2.Ag/c1-2(3)4;/h2-4H,1H3;. The Bertz CT molecular complexity index is 12.4. The van der Waals surface area contributed by atoms with E-state index >= 15 is 0 Å². The minimum atomic E-state index is -1.17. The van der Waals surface area contributed by atoms with E-state index in [1.165, 1.54) is 6.92 Å². The molecule has 0 saturated carbocycles. The fourth-order valence-electron chi connectivity index (χ4n) is 0. The van der Waals surface area contributed by atoms with Gasteiger partial charge < -0.3 is 10.2 Å². The van der Waals surface area contributed by atoms with Crippen LogP contribution >= 0.6 is 0 Å². The number of aliphatic hydroxyl groups excluding tert-OH is 1. The van der Waals surface area contributed by atoms with Gasteiger partial charge in [-0.1, -0.05) is 0 Å². The Kier molecular flexibility index (Phi) is 8.55. The second-order valence-electron chi connectivity index (χ2n) is 0.632. The molecule has 1 radical (unpaired) electrons. The van der Waals surface area contributed by atoms with Crippen molar-refractivity contribution in [2.24, 2.45) is 0 Å². The van der Waals surface area contributed by atoms with Crippen molar-refractivity contribution in [2.75, 3.05) is 0 Å². The zero-order valence-corrected chi connectivity index (χ0v) is 4.26. The van der Waals surface area contributed by atoms with Gasteiger partial charge in [0.2, 0.25) is 0 Å². The Morgan fingerprint density at radius 3 is 1.40 bits per heavy atom. The number of hydrogen-bond donors (Lipinski definition) is 2. The minimum absolute atomic E-state index is 0. The monoisotopic (exact) mass is 169 g/mol. The van der Waals surface area contributed by atoms with E-state index in [1.807, 2.05) is 0 Å². The van der Waals surface area contributed by atoms with Crippen LogP contribution in [0.1, 0.15) is 6.92 Å². The van der Waals surface area contributed by atoms with Crippen molar-refractivity contribution in [3.63, 3.8) is 0 Å². The summed E-state index contributed by atoms with van der Waals surface area (Å²) in [5.41, 5.74) is 0. The van der Waals surface area contributed by atoms with Gasteiger partial charge in [-0.05, 0) is 6.92 Å². The molecule has 0 amide bonds. The summed E-state index contributed by atoms with van der Waals surface area (Å²) in [6.45, 7) is 1.28. The van der Waals surface area contributed by atoms with Gasteiger partial charge in [0.15, 0.2) is 0 Å². The van der Waals surface area contributed by atoms with Crippen molar-refractivity contribution < 1.29 is 32.6 Å². The summed E-state index contributed by atoms with van der Waals surface area (Å²) in [6, 6.07) is 0. The van der Waals surface area contributed by atoms with E-state index in [0.29, 0.717) is 0 Å². The maximum Gasteiger partial charge on any atom is 0.148 e. The second kappa shape index (κ2) is 4.66. The van der Waals surface area contributed by atoms with Crippen molar-refractivity contribution in [3.8, 4) is 0 Å². The largest absolute Gasteiger partial charge is 0.368 e. The summed E-state index contributed by atoms with van der Waals surface area (Å²) < 4.78 is 0. The first-order valence-corrected chi connectivity index (χ1v) is 1.09. The van der Waals surface area contributed by atoms with Crippen LogP contribution in [0.25, 0.3) is 0 Å². The molecule has 2 N–H and O–H groups in total. The Labute approximate surface area is 46.3 Å². The first-order chi connectivity index (χ1) is 1.73. The quantitative estimate of drug-likeness (QED) is 0.373. The topological polar surface area (TPSA) is 40.5 Å². The molecule has 0 spiro atoms. The molecule has 0 aromatic heterocycles. The molecule has 0 bridgehead atoms. The molecule has 0 atom stereocenters. The van der Waals surface area contributed by atoms with E-state index in [0.717, 1.165) is 0 Å². The van der Waals surface area contributed by atoms with E-state index in [1.54, 1.807) is 0 Å². The molecule has 0 fully saturated rings. The zero-order valence-electron chi connectivity index (χ0n) is 2.77. The first kappa shape index (κ1) is 9.18. The molecule has 0 aromatic carbocycles. The van der Waals surface area contributed by atoms with E-state index in [4.69, 9.17) is 10.2 Å². The van der Waals surface area contributed by atoms with Gasteiger partial charge in [0.1, 0.15) is 6.29 Å². The molecule has 0 unspecified atom stereocenters. The Hall–Kier alpha value is 0.660. The Morgan fingerprint density at radius 2 is 1.40 bits per heavy atom. The molecule has 0 heterocycles. The van der Waals surface area contributed by atoms with Gasteiger partial charge in [0.25, 0.3) is 0 Å². The number of aliphatic hydroxyl groups is 2. The van der Waals surface area contributed by atoms with Crippen LogP contribution in [0.3, 0.4) is 0 Å². The third kappa shape index (κ3) is 75.7. The van der Waals surface area contributed by atoms with E-state index in [-0.39, 0.29) is 22.4 Å². The van der Waals surface area contributed by atoms with Crippen molar-refractivity contribution in [3.05, 3.63) is 0 Å². The average Bonchev–Trinajstić information content (AvgIpc) is 0.811. The van der Waals surface area contributed by atoms with E-state index in [9.17, 15) is 0 Å². The van der Waals surface area contributed by atoms with Crippen LogP contribution in [-0.4, -0.2) is 16.5 Å². The molecule has 5 heavy (non-hydrogen) atoms. The van der Waals surface area contributed by atoms with Gasteiger partial charge in [-0.25, -0.2) is 0 Å². The fraction of sp³-hybridized carbons (Fsp3) is 1.00. The van der Waals surface area contributed by atoms with Crippen LogP contribution in [0.4, 0.5) is 0 Å². The zero-order chi connectivity index (χ0) is 3.58. The summed E-state index contributed by atoms with van der Waals surface area (Å²) in [7, 11) is 0. The predicted molar refractivity (Wildman–Crippen MR) is 13.9 cm³/mol. The number of rotatable bonds is 0. The molecule has 0 aliphatic heterocycles. The average molecular weight is 170 g/mol. The third-order valence-electron chi connectivity index (χ3n) is 0. The Balaban J connectivity index is 0. The van der Waals surface area contributed by atoms with Crippen molar-refractivity contribution in [1.29, 1.82) is 0 Å². The molecule has 0 aliphatic rings. The SMILES string of the molecule is CC(O)O.[Ag]. The van der Waals surface area contributed by atoms with Crippen LogP contribution in [0.15, 0.2) is 0 Å². The second-order valence-corrected chi connectivity index (χ2v) is 0.632. The van der Waals surface area contributed by atoms with Crippen molar-refractivity contribution in [2.45, 2.75) is 13.2 Å². The maximum atomic E-state index is 7.61. The summed E-state index contributed by atoms with van der Waals surface area (Å²) >= 11 is 0. The van der Waals surface area contributed by atoms with Crippen LogP contribution in [-0.2, 0) is 22.4 Å². The Morgan fingerprint density at radius 1 is 1.40 bits per heavy atom. The molecular formula is C2H6AgO2. The smallest absolute Gasteiger partial charge is 0.148 e. The van der Waals surface area contributed by atoms with Gasteiger partial charge in [0, 0.05) is 22.4 Å². The van der Waals surface area contributed by atoms with Gasteiger partial charge in [-0.2, -0.15) is 0 Å². The van der Waals surface area contributed by atoms with Crippen LogP contribution < -0.4 is 0 Å². The first-order valence-electron chi connectivity index (χ1n) is 1.09. The molecule has 0 aromatic rings. The molecule has 2 nitrogen and oxygen atoms in total. The molecule has 0 aliphatic carbocycles. The summed E-state index contributed by atoms with van der Waals surface area (Å²) in [4.78, 5) is 0. The molecule has 37 valence electrons. The predicted octanol–water partition coefficient (Wildman–Crippen LogP) is -0.685. The molecule has 0 saturated heterocycles. The third-order valence-corrected chi connectivity index (χ3v) is 0. The van der Waals surface area contributed by atoms with Crippen LogP contribution in [0.2, 0.25) is 0 Å². The minimum Gasteiger partial charge on any atom is -0.368 e. The van der Waals surface area contributed by atoms with Gasteiger partial charge in [-0.15, -0.1) is 0 Å². The summed E-state index contributed by atoms with van der Waals surface area (Å²) in [5, 5.41) is 15.2. The van der Waals surface area contributed by atoms with Gasteiger partial charge in [0.05, 0.1) is 0 Å². The van der Waals surface area contributed by atoms with Crippen LogP contribution in [0.5, 0.6) is 0 Å². The van der Waals surface area contributed by atoms with Gasteiger partial charge >= 0.3 is 0 Å². The van der Waals surface area contributed by atoms with Crippen molar-refractivity contribution >= 4 is 0 Å². The molecular weight excluding hydrogens is 164 g/mol. The normalized spacial score (nSPS) is 7.20. The summed E-state index contributed by atoms with van der Waals surface area (Å²) in [6.07, 6.45) is -1.17. The van der Waals surface area contributed by atoms with E-state index in [2.05, 4.69) is 0 Å². The molecule has 0 rings (SSSR count). The van der Waals surface area contributed by atoms with Gasteiger partial charge in [-0.3, -0.25) is 0 Å². The maximum absolute atomic E-state index is 7.61. The van der Waals surface area contributed by atoms with Crippen LogP contribution in [0, 0.1) is 0 Å². The van der Waals surface area contributed by atoms with Crippen molar-refractivity contribution in [1.82, 2.24) is 0 Å². The molecule has 3 heteroatoms. The fourth-order valence-corrected chi connectivity index (χ4v) is 0. The number of hydrogen-bond acceptors (Lipinski definition) is 2. The van der Waals surface area contributed by atoms with E-state index < -0.39 is 6.29 Å². The summed E-state index contributed by atoms with van der Waals surface area (Å²) in [5.74, 6) is 0.